The summed E-state index contributed by atoms with van der Waals surface area (Å²) in [4.78, 5) is 24.9. The Morgan fingerprint density at radius 3 is 2.62 bits per heavy atom. The zero-order valence-electron chi connectivity index (χ0n) is 14.9. The van der Waals surface area contributed by atoms with Crippen LogP contribution in [0.5, 0.6) is 5.75 Å². The van der Waals surface area contributed by atoms with Gasteiger partial charge in [-0.05, 0) is 56.4 Å². The van der Waals surface area contributed by atoms with Gasteiger partial charge >= 0.3 is 5.63 Å². The van der Waals surface area contributed by atoms with Crippen LogP contribution < -0.4 is 10.4 Å². The van der Waals surface area contributed by atoms with Gasteiger partial charge < -0.3 is 9.15 Å². The molecular formula is C22H20O4. The number of hydrogen-bond donors (Lipinski definition) is 0. The summed E-state index contributed by atoms with van der Waals surface area (Å²) in [5.41, 5.74) is 3.57. The molecule has 0 spiro atoms. The third-order valence-electron chi connectivity index (χ3n) is 4.91. The van der Waals surface area contributed by atoms with Crippen molar-refractivity contribution in [2.45, 2.75) is 39.2 Å². The van der Waals surface area contributed by atoms with Crippen molar-refractivity contribution >= 4 is 16.8 Å². The number of hydrogen-bond acceptors (Lipinski definition) is 4. The molecule has 0 saturated carbocycles. The van der Waals surface area contributed by atoms with Gasteiger partial charge in [0.05, 0.1) is 5.39 Å². The van der Waals surface area contributed by atoms with E-state index in [9.17, 15) is 9.59 Å². The normalized spacial score (nSPS) is 14.2. The van der Waals surface area contributed by atoms with E-state index in [0.717, 1.165) is 41.3 Å². The van der Waals surface area contributed by atoms with E-state index in [2.05, 4.69) is 0 Å². The van der Waals surface area contributed by atoms with Crippen molar-refractivity contribution in [3.8, 4) is 5.75 Å². The third kappa shape index (κ3) is 2.81. The highest BCUT2D eigenvalue weighted by molar-refractivity contribution is 5.99. The van der Waals surface area contributed by atoms with Crippen molar-refractivity contribution < 1.29 is 13.9 Å². The van der Waals surface area contributed by atoms with E-state index in [1.807, 2.05) is 37.3 Å². The highest BCUT2D eigenvalue weighted by Crippen LogP contribution is 2.35. The highest BCUT2D eigenvalue weighted by atomic mass is 16.5. The van der Waals surface area contributed by atoms with Crippen LogP contribution in [0, 0.1) is 6.92 Å². The van der Waals surface area contributed by atoms with Crippen molar-refractivity contribution in [3.63, 3.8) is 0 Å². The van der Waals surface area contributed by atoms with Crippen molar-refractivity contribution in [2.24, 2.45) is 0 Å². The van der Waals surface area contributed by atoms with E-state index in [1.54, 1.807) is 19.1 Å². The molecule has 1 unspecified atom stereocenters. The maximum absolute atomic E-state index is 12.7. The van der Waals surface area contributed by atoms with Gasteiger partial charge in [-0.1, -0.05) is 30.3 Å². The van der Waals surface area contributed by atoms with E-state index < -0.39 is 6.10 Å². The first-order valence-electron chi connectivity index (χ1n) is 8.89. The predicted molar refractivity (Wildman–Crippen MR) is 100 cm³/mol. The van der Waals surface area contributed by atoms with Crippen molar-refractivity contribution in [3.05, 3.63) is 75.1 Å². The molecule has 0 radical (unpaired) electrons. The lowest BCUT2D eigenvalue weighted by Crippen LogP contribution is -2.24. The van der Waals surface area contributed by atoms with Crippen LogP contribution in [-0.2, 0) is 12.8 Å². The largest absolute Gasteiger partial charge is 0.482 e. The molecule has 1 aliphatic rings. The topological polar surface area (TPSA) is 56.5 Å². The van der Waals surface area contributed by atoms with Crippen molar-refractivity contribution in [1.29, 1.82) is 0 Å². The molecule has 1 atom stereocenters. The second-order valence-electron chi connectivity index (χ2n) is 6.83. The number of ketones is 1. The highest BCUT2D eigenvalue weighted by Gasteiger charge is 2.24. The first kappa shape index (κ1) is 16.6. The van der Waals surface area contributed by atoms with E-state index >= 15 is 0 Å². The molecular weight excluding hydrogens is 328 g/mol. The summed E-state index contributed by atoms with van der Waals surface area (Å²) in [6.07, 6.45) is 1.87. The minimum absolute atomic E-state index is 0.0747. The van der Waals surface area contributed by atoms with Crippen LogP contribution in [0.2, 0.25) is 0 Å². The molecule has 0 amide bonds. The molecule has 1 aliphatic carbocycles. The van der Waals surface area contributed by atoms with E-state index in [1.165, 1.54) is 0 Å². The molecule has 4 heteroatoms. The molecule has 26 heavy (non-hydrogen) atoms. The fourth-order valence-corrected chi connectivity index (χ4v) is 3.68. The second kappa shape index (κ2) is 6.45. The number of ether oxygens (including phenoxy) is 1. The van der Waals surface area contributed by atoms with Gasteiger partial charge in [0, 0.05) is 11.1 Å². The maximum Gasteiger partial charge on any atom is 0.339 e. The van der Waals surface area contributed by atoms with Gasteiger partial charge in [0.25, 0.3) is 0 Å². The first-order chi connectivity index (χ1) is 12.5. The summed E-state index contributed by atoms with van der Waals surface area (Å²) in [6, 6.07) is 12.9. The Bertz CT molecular complexity index is 1050. The van der Waals surface area contributed by atoms with E-state index in [0.29, 0.717) is 16.9 Å². The number of benzene rings is 2. The Morgan fingerprint density at radius 2 is 1.85 bits per heavy atom. The van der Waals surface area contributed by atoms with Gasteiger partial charge in [-0.25, -0.2) is 4.79 Å². The standard InChI is InChI=1S/C22H20O4/c1-13-11-18(25-14(2)21(23)15-7-4-3-5-8-15)20-16-9-6-10-17(16)22(24)26-19(20)12-13/h3-5,7-8,11-12,14H,6,9-10H2,1-2H3. The summed E-state index contributed by atoms with van der Waals surface area (Å²) in [7, 11) is 0. The molecule has 0 fully saturated rings. The Kier molecular flexibility index (Phi) is 4.11. The summed E-state index contributed by atoms with van der Waals surface area (Å²) in [5, 5.41) is 0.829. The minimum Gasteiger partial charge on any atom is -0.482 e. The lowest BCUT2D eigenvalue weighted by Gasteiger charge is -2.17. The first-order valence-corrected chi connectivity index (χ1v) is 8.89. The zero-order valence-corrected chi connectivity index (χ0v) is 14.9. The summed E-state index contributed by atoms with van der Waals surface area (Å²) in [6.45, 7) is 3.67. The van der Waals surface area contributed by atoms with E-state index in [-0.39, 0.29) is 11.4 Å². The Balaban J connectivity index is 1.78. The maximum atomic E-state index is 12.7. The third-order valence-corrected chi connectivity index (χ3v) is 4.91. The second-order valence-corrected chi connectivity index (χ2v) is 6.83. The fraction of sp³-hybridized carbons (Fsp3) is 0.273. The molecule has 0 bridgehead atoms. The fourth-order valence-electron chi connectivity index (χ4n) is 3.68. The van der Waals surface area contributed by atoms with Crippen molar-refractivity contribution in [2.75, 3.05) is 0 Å². The Morgan fingerprint density at radius 1 is 1.12 bits per heavy atom. The van der Waals surface area contributed by atoms with Gasteiger partial charge in [0.2, 0.25) is 5.78 Å². The van der Waals surface area contributed by atoms with Crippen LogP contribution in [0.4, 0.5) is 0 Å². The SMILES string of the molecule is Cc1cc(OC(C)C(=O)c2ccccc2)c2c3c(c(=O)oc2c1)CCC3. The number of fused-ring (bicyclic) bond motifs is 3. The number of carbonyl (C=O) groups is 1. The molecule has 2 aromatic carbocycles. The average molecular weight is 348 g/mol. The molecule has 3 aromatic rings. The molecule has 4 rings (SSSR count). The smallest absolute Gasteiger partial charge is 0.339 e. The number of aryl methyl sites for hydroxylation is 2. The number of carbonyl (C=O) groups excluding carboxylic acids is 1. The van der Waals surface area contributed by atoms with Gasteiger partial charge in [-0.2, -0.15) is 0 Å². The quantitative estimate of drug-likeness (QED) is 0.523. The van der Waals surface area contributed by atoms with Gasteiger partial charge in [0.15, 0.2) is 6.10 Å². The minimum atomic E-state index is -0.633. The van der Waals surface area contributed by atoms with Gasteiger partial charge in [-0.15, -0.1) is 0 Å². The Hall–Kier alpha value is -2.88. The lowest BCUT2D eigenvalue weighted by atomic mass is 10.0. The van der Waals surface area contributed by atoms with E-state index in [4.69, 9.17) is 9.15 Å². The molecule has 1 aromatic heterocycles. The van der Waals surface area contributed by atoms with Crippen LogP contribution in [0.25, 0.3) is 11.0 Å². The molecule has 1 heterocycles. The van der Waals surface area contributed by atoms with Gasteiger partial charge in [-0.3, -0.25) is 4.79 Å². The summed E-state index contributed by atoms with van der Waals surface area (Å²) >= 11 is 0. The number of Topliss-reactive ketones (excluding diaryl/α,β-unsaturated/α-hetero) is 1. The molecule has 0 aliphatic heterocycles. The molecule has 0 saturated heterocycles. The predicted octanol–water partition coefficient (Wildman–Crippen LogP) is 4.24. The van der Waals surface area contributed by atoms with Crippen LogP contribution >= 0.6 is 0 Å². The van der Waals surface area contributed by atoms with Crippen LogP contribution in [0.3, 0.4) is 0 Å². The lowest BCUT2D eigenvalue weighted by molar-refractivity contribution is 0.0820. The molecule has 0 N–H and O–H groups in total. The van der Waals surface area contributed by atoms with Crippen molar-refractivity contribution in [1.82, 2.24) is 0 Å². The zero-order chi connectivity index (χ0) is 18.3. The number of rotatable bonds is 4. The summed E-state index contributed by atoms with van der Waals surface area (Å²) < 4.78 is 11.6. The molecule has 132 valence electrons. The average Bonchev–Trinajstić information content (AvgIpc) is 3.11. The monoisotopic (exact) mass is 348 g/mol. The van der Waals surface area contributed by atoms with Gasteiger partial charge in [0.1, 0.15) is 11.3 Å². The van der Waals surface area contributed by atoms with Crippen LogP contribution in [0.1, 0.15) is 40.4 Å². The summed E-state index contributed by atoms with van der Waals surface area (Å²) in [5.74, 6) is 0.535. The Labute approximate surface area is 151 Å². The molecule has 4 nitrogen and oxygen atoms in total. The van der Waals surface area contributed by atoms with Crippen LogP contribution in [0.15, 0.2) is 51.7 Å². The van der Waals surface area contributed by atoms with Crippen LogP contribution in [-0.4, -0.2) is 11.9 Å².